The lowest BCUT2D eigenvalue weighted by molar-refractivity contribution is -0.369. The van der Waals surface area contributed by atoms with Gasteiger partial charge in [-0.2, -0.15) is 13.2 Å². The number of hydrogen-bond donors (Lipinski definition) is 0. The van der Waals surface area contributed by atoms with Crippen molar-refractivity contribution in [3.63, 3.8) is 0 Å². The number of carbonyl (C=O) groups is 2. The average Bonchev–Trinajstić information content (AvgIpc) is 3.06. The molecule has 3 aromatic carbocycles. The minimum atomic E-state index is -4.80. The monoisotopic (exact) mass is 674 g/mol. The van der Waals surface area contributed by atoms with Crippen molar-refractivity contribution in [3.05, 3.63) is 84.2 Å². The quantitative estimate of drug-likeness (QED) is 0.0368. The molecule has 1 atom stereocenters. The van der Waals surface area contributed by atoms with Crippen molar-refractivity contribution >= 4 is 11.9 Å². The van der Waals surface area contributed by atoms with Gasteiger partial charge in [-0.1, -0.05) is 88.3 Å². The molecule has 0 N–H and O–H groups in total. The molecule has 0 saturated carbocycles. The lowest BCUT2D eigenvalue weighted by atomic mass is 10.0. The third-order valence-corrected chi connectivity index (χ3v) is 7.82. The van der Waals surface area contributed by atoms with Crippen LogP contribution in [0.4, 0.5) is 17.6 Å². The minimum Gasteiger partial charge on any atom is -0.494 e. The van der Waals surface area contributed by atoms with Crippen LogP contribution in [0.5, 0.6) is 11.5 Å². The van der Waals surface area contributed by atoms with E-state index in [9.17, 15) is 27.2 Å². The third-order valence-electron chi connectivity index (χ3n) is 7.82. The molecule has 3 rings (SSSR count). The first kappa shape index (κ1) is 38.5. The van der Waals surface area contributed by atoms with Gasteiger partial charge in [0.25, 0.3) is 0 Å². The van der Waals surface area contributed by atoms with Gasteiger partial charge in [0, 0.05) is 19.4 Å². The molecule has 0 heterocycles. The van der Waals surface area contributed by atoms with Crippen molar-refractivity contribution in [3.8, 4) is 22.6 Å². The van der Waals surface area contributed by atoms with E-state index in [1.54, 1.807) is 48.5 Å². The number of hydrogen-bond acceptors (Lipinski definition) is 6. The third kappa shape index (κ3) is 12.3. The van der Waals surface area contributed by atoms with Crippen LogP contribution in [0.25, 0.3) is 11.1 Å². The highest BCUT2D eigenvalue weighted by Crippen LogP contribution is 2.39. The van der Waals surface area contributed by atoms with E-state index < -0.39 is 36.1 Å². The molecule has 0 aromatic heterocycles. The Kier molecular flexibility index (Phi) is 15.9. The Bertz CT molecular complexity index is 1390. The second-order valence-electron chi connectivity index (χ2n) is 11.6. The largest absolute Gasteiger partial charge is 0.494 e. The van der Waals surface area contributed by atoms with Crippen LogP contribution >= 0.6 is 0 Å². The molecule has 6 nitrogen and oxygen atoms in total. The van der Waals surface area contributed by atoms with Crippen molar-refractivity contribution in [2.24, 2.45) is 0 Å². The van der Waals surface area contributed by atoms with Gasteiger partial charge in [-0.15, -0.1) is 0 Å². The number of para-hydroxylation sites is 1. The van der Waals surface area contributed by atoms with Crippen LogP contribution in [0.2, 0.25) is 0 Å². The van der Waals surface area contributed by atoms with Gasteiger partial charge in [-0.05, 0) is 73.7 Å². The molecule has 0 saturated heterocycles. The van der Waals surface area contributed by atoms with Gasteiger partial charge in [-0.3, -0.25) is 4.79 Å². The fraction of sp³-hybridized carbons (Fsp3) is 0.474. The molecular formula is C38H46F4O6. The zero-order valence-corrected chi connectivity index (χ0v) is 27.8. The summed E-state index contributed by atoms with van der Waals surface area (Å²) in [4.78, 5) is 24.7. The van der Waals surface area contributed by atoms with Gasteiger partial charge in [0.15, 0.2) is 0 Å². The van der Waals surface area contributed by atoms with E-state index in [0.717, 1.165) is 44.1 Å². The van der Waals surface area contributed by atoms with Crippen LogP contribution in [-0.4, -0.2) is 37.1 Å². The standard InChI is InChI=1S/C38H46F4O6/c1-3-5-6-15-26-37(46-4-2,38(40,41)42)48-35(43)19-14-9-7-8-10-16-27-45-31-23-20-29(21-24-31)30-22-25-33(34(39)28-30)36(44)47-32-17-12-11-13-18-32/h11-13,17-18,20-25,28H,3-10,14-16,19,26-27H2,1-2H3. The molecule has 48 heavy (non-hydrogen) atoms. The smallest absolute Gasteiger partial charge is 0.455 e. The predicted molar refractivity (Wildman–Crippen MR) is 176 cm³/mol. The van der Waals surface area contributed by atoms with Crippen LogP contribution in [0.3, 0.4) is 0 Å². The number of halogens is 4. The van der Waals surface area contributed by atoms with Gasteiger partial charge in [0.2, 0.25) is 0 Å². The first-order valence-corrected chi connectivity index (χ1v) is 16.8. The van der Waals surface area contributed by atoms with Crippen molar-refractivity contribution < 1.29 is 46.1 Å². The lowest BCUT2D eigenvalue weighted by Gasteiger charge is -2.34. The number of alkyl halides is 3. The summed E-state index contributed by atoms with van der Waals surface area (Å²) in [6.07, 6.45) is 1.90. The Labute approximate surface area is 280 Å². The second kappa shape index (κ2) is 19.8. The van der Waals surface area contributed by atoms with Gasteiger partial charge in [0.1, 0.15) is 17.3 Å². The number of ether oxygens (including phenoxy) is 4. The molecule has 0 radical (unpaired) electrons. The fourth-order valence-electron chi connectivity index (χ4n) is 5.21. The Morgan fingerprint density at radius 3 is 2.00 bits per heavy atom. The Balaban J connectivity index is 1.33. The molecule has 0 aliphatic heterocycles. The highest BCUT2D eigenvalue weighted by molar-refractivity contribution is 5.92. The van der Waals surface area contributed by atoms with Gasteiger partial charge < -0.3 is 18.9 Å². The molecule has 0 aliphatic rings. The highest BCUT2D eigenvalue weighted by Gasteiger charge is 2.59. The zero-order valence-electron chi connectivity index (χ0n) is 27.8. The number of carbonyl (C=O) groups excluding carboxylic acids is 2. The van der Waals surface area contributed by atoms with Crippen LogP contribution in [0.15, 0.2) is 72.8 Å². The maximum Gasteiger partial charge on any atom is 0.455 e. The molecule has 0 fully saturated rings. The second-order valence-corrected chi connectivity index (χ2v) is 11.6. The first-order chi connectivity index (χ1) is 23.1. The van der Waals surface area contributed by atoms with E-state index in [1.807, 2.05) is 19.1 Å². The zero-order chi connectivity index (χ0) is 34.8. The first-order valence-electron chi connectivity index (χ1n) is 16.8. The SMILES string of the molecule is CCCCCCC(OCC)(OC(=O)CCCCCCCCOc1ccc(-c2ccc(C(=O)Oc3ccccc3)c(F)c2)cc1)C(F)(F)F. The van der Waals surface area contributed by atoms with Crippen LogP contribution in [0.1, 0.15) is 101 Å². The maximum absolute atomic E-state index is 14.7. The molecule has 0 aliphatic carbocycles. The molecule has 0 amide bonds. The molecule has 0 spiro atoms. The number of unbranched alkanes of at least 4 members (excludes halogenated alkanes) is 8. The highest BCUT2D eigenvalue weighted by atomic mass is 19.4. The summed E-state index contributed by atoms with van der Waals surface area (Å²) in [5, 5.41) is 0. The molecule has 1 unspecified atom stereocenters. The predicted octanol–water partition coefficient (Wildman–Crippen LogP) is 10.6. The summed E-state index contributed by atoms with van der Waals surface area (Å²) in [5.41, 5.74) is 1.23. The maximum atomic E-state index is 14.7. The summed E-state index contributed by atoms with van der Waals surface area (Å²) in [5.74, 6) is -4.20. The minimum absolute atomic E-state index is 0.0868. The summed E-state index contributed by atoms with van der Waals surface area (Å²) >= 11 is 0. The molecule has 3 aromatic rings. The van der Waals surface area contributed by atoms with Gasteiger partial charge in [0.05, 0.1) is 12.2 Å². The number of rotatable bonds is 21. The van der Waals surface area contributed by atoms with Crippen molar-refractivity contribution in [2.45, 2.75) is 103 Å². The van der Waals surface area contributed by atoms with Crippen molar-refractivity contribution in [1.29, 1.82) is 0 Å². The Morgan fingerprint density at radius 1 is 0.708 bits per heavy atom. The lowest BCUT2D eigenvalue weighted by Crippen LogP contribution is -2.51. The summed E-state index contributed by atoms with van der Waals surface area (Å²) in [6, 6.07) is 20.1. The topological polar surface area (TPSA) is 71.1 Å². The molecule has 10 heteroatoms. The Hall–Kier alpha value is -3.92. The van der Waals surface area contributed by atoms with E-state index in [1.165, 1.54) is 19.1 Å². The van der Waals surface area contributed by atoms with E-state index in [0.29, 0.717) is 42.9 Å². The van der Waals surface area contributed by atoms with E-state index in [-0.39, 0.29) is 25.0 Å². The van der Waals surface area contributed by atoms with Crippen LogP contribution < -0.4 is 9.47 Å². The van der Waals surface area contributed by atoms with Crippen LogP contribution in [-0.2, 0) is 14.3 Å². The number of benzene rings is 3. The normalized spacial score (nSPS) is 12.7. The van der Waals surface area contributed by atoms with Crippen molar-refractivity contribution in [1.82, 2.24) is 0 Å². The summed E-state index contributed by atoms with van der Waals surface area (Å²) in [6.45, 7) is 3.73. The average molecular weight is 675 g/mol. The van der Waals surface area contributed by atoms with Gasteiger partial charge >= 0.3 is 23.9 Å². The molecule has 262 valence electrons. The summed E-state index contributed by atoms with van der Waals surface area (Å²) < 4.78 is 77.4. The summed E-state index contributed by atoms with van der Waals surface area (Å²) in [7, 11) is 0. The van der Waals surface area contributed by atoms with Crippen LogP contribution in [0, 0.1) is 5.82 Å². The number of esters is 2. The Morgan fingerprint density at radius 2 is 1.35 bits per heavy atom. The van der Waals surface area contributed by atoms with E-state index >= 15 is 0 Å². The van der Waals surface area contributed by atoms with E-state index in [4.69, 9.17) is 18.9 Å². The van der Waals surface area contributed by atoms with Crippen molar-refractivity contribution in [2.75, 3.05) is 13.2 Å². The fourth-order valence-corrected chi connectivity index (χ4v) is 5.21. The molecule has 0 bridgehead atoms. The van der Waals surface area contributed by atoms with Gasteiger partial charge in [-0.25, -0.2) is 9.18 Å². The van der Waals surface area contributed by atoms with E-state index in [2.05, 4.69) is 0 Å². The molecular weight excluding hydrogens is 628 g/mol.